The van der Waals surface area contributed by atoms with Crippen molar-refractivity contribution in [2.24, 2.45) is 0 Å². The highest BCUT2D eigenvalue weighted by Crippen LogP contribution is 2.36. The van der Waals surface area contributed by atoms with Gasteiger partial charge in [-0.15, -0.1) is 0 Å². The van der Waals surface area contributed by atoms with Gasteiger partial charge in [-0.05, 0) is 32.7 Å². The van der Waals surface area contributed by atoms with E-state index in [9.17, 15) is 0 Å². The third kappa shape index (κ3) is 3.66. The van der Waals surface area contributed by atoms with E-state index in [4.69, 9.17) is 0 Å². The van der Waals surface area contributed by atoms with E-state index in [1.165, 1.54) is 64.2 Å². The normalized spacial score (nSPS) is 33.6. The molecule has 0 spiro atoms. The molecular formula is C14H27NS. The van der Waals surface area contributed by atoms with Crippen molar-refractivity contribution in [3.05, 3.63) is 0 Å². The fourth-order valence-corrected chi connectivity index (χ4v) is 5.08. The van der Waals surface area contributed by atoms with Crippen LogP contribution in [0.4, 0.5) is 0 Å². The fourth-order valence-electron chi connectivity index (χ4n) is 3.22. The van der Waals surface area contributed by atoms with Gasteiger partial charge in [-0.2, -0.15) is 11.8 Å². The first-order chi connectivity index (χ1) is 7.90. The molecule has 94 valence electrons. The van der Waals surface area contributed by atoms with Gasteiger partial charge >= 0.3 is 0 Å². The minimum Gasteiger partial charge on any atom is -0.316 e. The van der Waals surface area contributed by atoms with Crippen molar-refractivity contribution in [2.75, 3.05) is 7.05 Å². The van der Waals surface area contributed by atoms with Gasteiger partial charge in [-0.25, -0.2) is 0 Å². The van der Waals surface area contributed by atoms with Crippen molar-refractivity contribution in [3.8, 4) is 0 Å². The van der Waals surface area contributed by atoms with Crippen LogP contribution in [0.15, 0.2) is 0 Å². The molecule has 16 heavy (non-hydrogen) atoms. The molecule has 0 amide bonds. The van der Waals surface area contributed by atoms with Crippen LogP contribution in [0.1, 0.15) is 64.2 Å². The average molecular weight is 241 g/mol. The Morgan fingerprint density at radius 2 is 1.44 bits per heavy atom. The molecule has 1 nitrogen and oxygen atoms in total. The number of thioether (sulfide) groups is 1. The summed E-state index contributed by atoms with van der Waals surface area (Å²) in [5.41, 5.74) is 0. The molecule has 2 saturated carbocycles. The van der Waals surface area contributed by atoms with Gasteiger partial charge in [0.15, 0.2) is 0 Å². The summed E-state index contributed by atoms with van der Waals surface area (Å²) >= 11 is 2.32. The molecule has 2 aliphatic carbocycles. The first-order valence-corrected chi connectivity index (χ1v) is 8.17. The van der Waals surface area contributed by atoms with Gasteiger partial charge in [0, 0.05) is 16.5 Å². The molecule has 0 saturated heterocycles. The maximum absolute atomic E-state index is 3.56. The van der Waals surface area contributed by atoms with E-state index in [1.54, 1.807) is 0 Å². The topological polar surface area (TPSA) is 12.0 Å². The minimum atomic E-state index is 0.787. The van der Waals surface area contributed by atoms with Crippen molar-refractivity contribution in [1.29, 1.82) is 0 Å². The van der Waals surface area contributed by atoms with E-state index in [1.807, 2.05) is 0 Å². The summed E-state index contributed by atoms with van der Waals surface area (Å²) < 4.78 is 0. The van der Waals surface area contributed by atoms with Gasteiger partial charge in [0.25, 0.3) is 0 Å². The Balaban J connectivity index is 1.83. The van der Waals surface area contributed by atoms with Crippen molar-refractivity contribution in [1.82, 2.24) is 5.32 Å². The lowest BCUT2D eigenvalue weighted by Crippen LogP contribution is -2.36. The van der Waals surface area contributed by atoms with Crippen LogP contribution in [0.25, 0.3) is 0 Å². The largest absolute Gasteiger partial charge is 0.316 e. The second-order valence-corrected chi connectivity index (χ2v) is 7.01. The van der Waals surface area contributed by atoms with E-state index >= 15 is 0 Å². The van der Waals surface area contributed by atoms with Gasteiger partial charge in [-0.3, -0.25) is 0 Å². The van der Waals surface area contributed by atoms with E-state index < -0.39 is 0 Å². The molecule has 0 radical (unpaired) electrons. The Kier molecular flexibility index (Phi) is 5.51. The molecule has 2 rings (SSSR count). The predicted molar refractivity (Wildman–Crippen MR) is 74.2 cm³/mol. The van der Waals surface area contributed by atoms with Crippen molar-refractivity contribution in [3.63, 3.8) is 0 Å². The summed E-state index contributed by atoms with van der Waals surface area (Å²) in [6.07, 6.45) is 14.6. The predicted octanol–water partition coefficient (Wildman–Crippen LogP) is 3.97. The van der Waals surface area contributed by atoms with E-state index in [0.717, 1.165) is 16.5 Å². The maximum Gasteiger partial charge on any atom is 0.0203 e. The third-order valence-electron chi connectivity index (χ3n) is 4.24. The molecule has 0 aromatic carbocycles. The van der Waals surface area contributed by atoms with Gasteiger partial charge in [-0.1, -0.05) is 38.5 Å². The molecule has 2 aliphatic rings. The molecular weight excluding hydrogens is 214 g/mol. The number of hydrogen-bond donors (Lipinski definition) is 1. The Morgan fingerprint density at radius 3 is 2.12 bits per heavy atom. The summed E-state index contributed by atoms with van der Waals surface area (Å²) in [4.78, 5) is 0. The van der Waals surface area contributed by atoms with E-state index in [0.29, 0.717) is 0 Å². The number of hydrogen-bond acceptors (Lipinski definition) is 2. The summed E-state index contributed by atoms with van der Waals surface area (Å²) in [6.45, 7) is 0. The first-order valence-electron chi connectivity index (χ1n) is 7.23. The van der Waals surface area contributed by atoms with Crippen LogP contribution < -0.4 is 5.32 Å². The van der Waals surface area contributed by atoms with Gasteiger partial charge in [0.2, 0.25) is 0 Å². The van der Waals surface area contributed by atoms with E-state index in [-0.39, 0.29) is 0 Å². The van der Waals surface area contributed by atoms with Crippen LogP contribution in [0.5, 0.6) is 0 Å². The zero-order valence-corrected chi connectivity index (χ0v) is 11.5. The lowest BCUT2D eigenvalue weighted by molar-refractivity contribution is 0.492. The Hall–Kier alpha value is 0.310. The number of nitrogens with one attached hydrogen (secondary N) is 1. The summed E-state index contributed by atoms with van der Waals surface area (Å²) in [5.74, 6) is 0. The molecule has 0 heterocycles. The highest BCUT2D eigenvalue weighted by atomic mass is 32.2. The Bertz CT molecular complexity index is 189. The monoisotopic (exact) mass is 241 g/mol. The molecule has 2 fully saturated rings. The summed E-state index contributed by atoms with van der Waals surface area (Å²) in [7, 11) is 2.16. The lowest BCUT2D eigenvalue weighted by Gasteiger charge is -2.30. The SMILES string of the molecule is CNC1CCCCCC1SC1CCCCC1. The first kappa shape index (κ1) is 12.8. The Morgan fingerprint density at radius 1 is 0.812 bits per heavy atom. The van der Waals surface area contributed by atoms with Crippen LogP contribution in [0.2, 0.25) is 0 Å². The van der Waals surface area contributed by atoms with Crippen LogP contribution in [0.3, 0.4) is 0 Å². The standard InChI is InChI=1S/C14H27NS/c1-15-13-10-6-3-7-11-14(13)16-12-8-4-2-5-9-12/h12-15H,2-11H2,1H3. The number of rotatable bonds is 3. The van der Waals surface area contributed by atoms with Crippen LogP contribution >= 0.6 is 11.8 Å². The molecule has 0 aliphatic heterocycles. The van der Waals surface area contributed by atoms with Crippen LogP contribution in [0, 0.1) is 0 Å². The molecule has 2 atom stereocenters. The summed E-state index contributed by atoms with van der Waals surface area (Å²) in [5, 5.41) is 5.44. The van der Waals surface area contributed by atoms with Gasteiger partial charge < -0.3 is 5.32 Å². The molecule has 2 unspecified atom stereocenters. The third-order valence-corrected chi connectivity index (χ3v) is 6.01. The second kappa shape index (κ2) is 6.90. The highest BCUT2D eigenvalue weighted by molar-refractivity contribution is 8.00. The van der Waals surface area contributed by atoms with Gasteiger partial charge in [0.05, 0.1) is 0 Å². The van der Waals surface area contributed by atoms with Crippen LogP contribution in [-0.4, -0.2) is 23.6 Å². The van der Waals surface area contributed by atoms with Crippen LogP contribution in [-0.2, 0) is 0 Å². The Labute approximate surface area is 105 Å². The van der Waals surface area contributed by atoms with Crippen molar-refractivity contribution < 1.29 is 0 Å². The zero-order valence-electron chi connectivity index (χ0n) is 10.7. The van der Waals surface area contributed by atoms with Gasteiger partial charge in [0.1, 0.15) is 0 Å². The lowest BCUT2D eigenvalue weighted by atomic mass is 10.0. The smallest absolute Gasteiger partial charge is 0.0203 e. The average Bonchev–Trinajstić information content (AvgIpc) is 2.55. The summed E-state index contributed by atoms with van der Waals surface area (Å²) in [6, 6.07) is 0.787. The highest BCUT2D eigenvalue weighted by Gasteiger charge is 2.26. The fraction of sp³-hybridized carbons (Fsp3) is 1.00. The van der Waals surface area contributed by atoms with E-state index in [2.05, 4.69) is 24.1 Å². The second-order valence-electron chi connectivity index (χ2n) is 5.47. The molecule has 0 aromatic heterocycles. The molecule has 2 heteroatoms. The molecule has 1 N–H and O–H groups in total. The molecule has 0 bridgehead atoms. The van der Waals surface area contributed by atoms with Crippen molar-refractivity contribution in [2.45, 2.75) is 80.7 Å². The molecule has 0 aromatic rings. The zero-order chi connectivity index (χ0) is 11.2. The minimum absolute atomic E-state index is 0.787. The van der Waals surface area contributed by atoms with Crippen molar-refractivity contribution >= 4 is 11.8 Å². The quantitative estimate of drug-likeness (QED) is 0.750. The maximum atomic E-state index is 3.56.